The molecule has 1 atom stereocenters. The molecule has 6 heteroatoms. The summed E-state index contributed by atoms with van der Waals surface area (Å²) < 4.78 is 3.77. The molecule has 0 saturated carbocycles. The number of nitrogens with one attached hydrogen (secondary N) is 1. The molecule has 1 aromatic heterocycles. The molecule has 1 saturated heterocycles. The minimum Gasteiger partial charge on any atom is -0.344 e. The van der Waals surface area contributed by atoms with Crippen LogP contribution in [0.4, 0.5) is 0 Å². The van der Waals surface area contributed by atoms with Crippen molar-refractivity contribution in [2.75, 3.05) is 13.6 Å². The number of carbonyl (C=O) groups excluding carboxylic acids is 1. The van der Waals surface area contributed by atoms with Gasteiger partial charge in [-0.05, 0) is 11.5 Å². The Bertz CT molecular complexity index is 313. The van der Waals surface area contributed by atoms with Crippen LogP contribution >= 0.6 is 11.5 Å². The van der Waals surface area contributed by atoms with E-state index in [4.69, 9.17) is 0 Å². The van der Waals surface area contributed by atoms with Gasteiger partial charge in [-0.25, -0.2) is 0 Å². The first-order chi connectivity index (χ1) is 6.75. The molecule has 0 aromatic carbocycles. The zero-order chi connectivity index (χ0) is 9.97. The highest BCUT2D eigenvalue weighted by Crippen LogP contribution is 2.09. The molecular formula is C8H12N4OS. The number of likely N-dealkylation sites (N-methyl/N-ethyl adjacent to an activating group) is 1. The molecule has 1 aliphatic rings. The lowest BCUT2D eigenvalue weighted by Gasteiger charge is -2.10. The van der Waals surface area contributed by atoms with Crippen molar-refractivity contribution in [3.63, 3.8) is 0 Å². The summed E-state index contributed by atoms with van der Waals surface area (Å²) in [7, 11) is 1.83. The van der Waals surface area contributed by atoms with Crippen molar-refractivity contribution in [3.05, 3.63) is 11.1 Å². The molecule has 0 aliphatic carbocycles. The smallest absolute Gasteiger partial charge is 0.224 e. The van der Waals surface area contributed by atoms with Crippen molar-refractivity contribution < 1.29 is 4.79 Å². The highest BCUT2D eigenvalue weighted by Gasteiger charge is 2.25. The fraction of sp³-hybridized carbons (Fsp3) is 0.625. The molecule has 0 spiro atoms. The molecule has 1 unspecified atom stereocenters. The largest absolute Gasteiger partial charge is 0.344 e. The maximum absolute atomic E-state index is 11.2. The number of aromatic nitrogens is 2. The van der Waals surface area contributed by atoms with Gasteiger partial charge in [-0.3, -0.25) is 4.79 Å². The maximum Gasteiger partial charge on any atom is 0.224 e. The van der Waals surface area contributed by atoms with Crippen LogP contribution in [0.1, 0.15) is 11.3 Å². The molecule has 1 aliphatic heterocycles. The number of carbonyl (C=O) groups is 1. The summed E-state index contributed by atoms with van der Waals surface area (Å²) in [6, 6.07) is 0.273. The minimum atomic E-state index is 0.213. The lowest BCUT2D eigenvalue weighted by atomic mass is 10.2. The van der Waals surface area contributed by atoms with E-state index in [0.29, 0.717) is 6.42 Å². The van der Waals surface area contributed by atoms with E-state index in [-0.39, 0.29) is 11.9 Å². The summed E-state index contributed by atoms with van der Waals surface area (Å²) in [5.41, 5.74) is 0. The van der Waals surface area contributed by atoms with Gasteiger partial charge < -0.3 is 10.2 Å². The van der Waals surface area contributed by atoms with Gasteiger partial charge >= 0.3 is 0 Å². The van der Waals surface area contributed by atoms with Crippen LogP contribution in [0.15, 0.2) is 6.20 Å². The zero-order valence-electron chi connectivity index (χ0n) is 7.93. The average Bonchev–Trinajstić information content (AvgIpc) is 2.74. The second-order valence-electron chi connectivity index (χ2n) is 3.44. The van der Waals surface area contributed by atoms with Crippen LogP contribution in [0.5, 0.6) is 0 Å². The zero-order valence-corrected chi connectivity index (χ0v) is 8.75. The van der Waals surface area contributed by atoms with E-state index < -0.39 is 0 Å². The number of hydrogen-bond donors (Lipinski definition) is 1. The predicted octanol–water partition coefficient (Wildman–Crippen LogP) is -0.142. The number of rotatable bonds is 3. The third-order valence-corrected chi connectivity index (χ3v) is 2.97. The number of likely N-dealkylation sites (tertiary alicyclic amines) is 1. The van der Waals surface area contributed by atoms with E-state index in [1.807, 2.05) is 7.05 Å². The first kappa shape index (κ1) is 9.54. The molecule has 1 aromatic rings. The quantitative estimate of drug-likeness (QED) is 0.757. The third kappa shape index (κ3) is 2.08. The summed E-state index contributed by atoms with van der Waals surface area (Å²) in [6.07, 6.45) is 2.35. The molecule has 1 N–H and O–H groups in total. The Morgan fingerprint density at radius 1 is 1.79 bits per heavy atom. The molecule has 14 heavy (non-hydrogen) atoms. The van der Waals surface area contributed by atoms with Crippen LogP contribution in [0.2, 0.25) is 0 Å². The van der Waals surface area contributed by atoms with Crippen molar-refractivity contribution in [1.82, 2.24) is 19.8 Å². The molecule has 1 amide bonds. The second-order valence-corrected chi connectivity index (χ2v) is 4.31. The van der Waals surface area contributed by atoms with Crippen molar-refractivity contribution in [1.29, 1.82) is 0 Å². The molecule has 0 radical (unpaired) electrons. The summed E-state index contributed by atoms with van der Waals surface area (Å²) in [4.78, 5) is 14.1. The number of amides is 1. The fourth-order valence-electron chi connectivity index (χ4n) is 1.51. The summed E-state index contributed by atoms with van der Waals surface area (Å²) in [6.45, 7) is 1.55. The molecular weight excluding hydrogens is 200 g/mol. The third-order valence-electron chi connectivity index (χ3n) is 2.31. The summed E-state index contributed by atoms with van der Waals surface area (Å²) >= 11 is 1.39. The Labute approximate surface area is 86.3 Å². The SMILES string of the molecule is CN1CC(NCc2cnns2)CC1=O. The van der Waals surface area contributed by atoms with Crippen molar-refractivity contribution in [2.24, 2.45) is 0 Å². The van der Waals surface area contributed by atoms with E-state index >= 15 is 0 Å². The van der Waals surface area contributed by atoms with Gasteiger partial charge in [-0.2, -0.15) is 0 Å². The van der Waals surface area contributed by atoms with Crippen LogP contribution in [-0.2, 0) is 11.3 Å². The lowest BCUT2D eigenvalue weighted by molar-refractivity contribution is -0.126. The molecule has 2 heterocycles. The Morgan fingerprint density at radius 3 is 3.21 bits per heavy atom. The second kappa shape index (κ2) is 4.02. The summed E-state index contributed by atoms with van der Waals surface area (Å²) in [5, 5.41) is 7.06. The van der Waals surface area contributed by atoms with Gasteiger partial charge in [-0.1, -0.05) is 4.49 Å². The Kier molecular flexibility index (Phi) is 2.74. The Morgan fingerprint density at radius 2 is 2.64 bits per heavy atom. The van der Waals surface area contributed by atoms with Gasteiger partial charge in [0.1, 0.15) is 0 Å². The van der Waals surface area contributed by atoms with Crippen LogP contribution in [0, 0.1) is 0 Å². The normalized spacial score (nSPS) is 21.9. The van der Waals surface area contributed by atoms with E-state index in [9.17, 15) is 4.79 Å². The van der Waals surface area contributed by atoms with Crippen LogP contribution in [0.25, 0.3) is 0 Å². The molecule has 1 fully saturated rings. The highest BCUT2D eigenvalue weighted by molar-refractivity contribution is 7.05. The highest BCUT2D eigenvalue weighted by atomic mass is 32.1. The van der Waals surface area contributed by atoms with Gasteiger partial charge in [0.25, 0.3) is 0 Å². The topological polar surface area (TPSA) is 58.1 Å². The van der Waals surface area contributed by atoms with Gasteiger partial charge in [0.2, 0.25) is 5.91 Å². The first-order valence-electron chi connectivity index (χ1n) is 4.49. The van der Waals surface area contributed by atoms with Crippen molar-refractivity contribution in [3.8, 4) is 0 Å². The van der Waals surface area contributed by atoms with Crippen LogP contribution in [-0.4, -0.2) is 40.0 Å². The average molecular weight is 212 g/mol. The molecule has 76 valence electrons. The van der Waals surface area contributed by atoms with Crippen LogP contribution < -0.4 is 5.32 Å². The van der Waals surface area contributed by atoms with Crippen molar-refractivity contribution in [2.45, 2.75) is 19.0 Å². The van der Waals surface area contributed by atoms with E-state index in [0.717, 1.165) is 18.0 Å². The van der Waals surface area contributed by atoms with Gasteiger partial charge in [0, 0.05) is 32.6 Å². The van der Waals surface area contributed by atoms with Gasteiger partial charge in [-0.15, -0.1) is 5.10 Å². The molecule has 5 nitrogen and oxygen atoms in total. The van der Waals surface area contributed by atoms with Gasteiger partial charge in [0.15, 0.2) is 0 Å². The lowest BCUT2D eigenvalue weighted by Crippen LogP contribution is -2.30. The van der Waals surface area contributed by atoms with E-state index in [1.54, 1.807) is 11.1 Å². The summed E-state index contributed by atoms with van der Waals surface area (Å²) in [5.74, 6) is 0.213. The standard InChI is InChI=1S/C8H12N4OS/c1-12-5-6(2-8(12)13)9-3-7-4-10-11-14-7/h4,6,9H,2-3,5H2,1H3. The van der Waals surface area contributed by atoms with Gasteiger partial charge in [0.05, 0.1) is 11.1 Å². The minimum absolute atomic E-state index is 0.213. The molecule has 2 rings (SSSR count). The molecule has 0 bridgehead atoms. The van der Waals surface area contributed by atoms with Crippen molar-refractivity contribution >= 4 is 17.4 Å². The number of nitrogens with zero attached hydrogens (tertiary/aromatic N) is 3. The Hall–Kier alpha value is -1.01. The van der Waals surface area contributed by atoms with Crippen LogP contribution in [0.3, 0.4) is 0 Å². The van der Waals surface area contributed by atoms with E-state index in [1.165, 1.54) is 11.5 Å². The van der Waals surface area contributed by atoms with E-state index in [2.05, 4.69) is 14.9 Å². The maximum atomic E-state index is 11.2. The Balaban J connectivity index is 1.80. The fourth-order valence-corrected chi connectivity index (χ4v) is 1.95. The predicted molar refractivity (Wildman–Crippen MR) is 52.8 cm³/mol. The monoisotopic (exact) mass is 212 g/mol. The number of hydrogen-bond acceptors (Lipinski definition) is 5. The first-order valence-corrected chi connectivity index (χ1v) is 5.26.